The second kappa shape index (κ2) is 9.34. The fourth-order valence-corrected chi connectivity index (χ4v) is 4.39. The van der Waals surface area contributed by atoms with Crippen molar-refractivity contribution in [3.63, 3.8) is 0 Å². The van der Waals surface area contributed by atoms with Gasteiger partial charge in [-0.1, -0.05) is 31.0 Å². The molecule has 0 spiro atoms. The topological polar surface area (TPSA) is 132 Å². The number of sulfonamides is 1. The Morgan fingerprint density at radius 1 is 1.12 bits per heavy atom. The number of nitrogens with one attached hydrogen (secondary N) is 3. The van der Waals surface area contributed by atoms with Crippen LogP contribution in [0.2, 0.25) is 0 Å². The van der Waals surface area contributed by atoms with Crippen molar-refractivity contribution in [1.29, 1.82) is 0 Å². The molecule has 0 atom stereocenters. The van der Waals surface area contributed by atoms with Gasteiger partial charge >= 0.3 is 5.69 Å². The van der Waals surface area contributed by atoms with E-state index in [9.17, 15) is 27.2 Å². The number of carbonyl (C=O) groups is 1. The maximum Gasteiger partial charge on any atom is 0.329 e. The van der Waals surface area contributed by atoms with Gasteiger partial charge in [-0.25, -0.2) is 9.78 Å². The molecule has 180 valence electrons. The smallest absolute Gasteiger partial charge is 0.287 e. The Hall–Kier alpha value is -3.60. The second-order valence-corrected chi connectivity index (χ2v) is 10.3. The van der Waals surface area contributed by atoms with E-state index in [2.05, 4.69) is 14.7 Å². The summed E-state index contributed by atoms with van der Waals surface area (Å²) in [5.41, 5.74) is 0.700. The molecule has 1 aromatic carbocycles. The Morgan fingerprint density at radius 3 is 2.29 bits per heavy atom. The van der Waals surface area contributed by atoms with Gasteiger partial charge in [0.15, 0.2) is 0 Å². The van der Waals surface area contributed by atoms with Gasteiger partial charge < -0.3 is 0 Å². The fourth-order valence-electron chi connectivity index (χ4n) is 3.88. The quantitative estimate of drug-likeness (QED) is 0.386. The number of H-pyrrole nitrogens is 2. The number of benzene rings is 1. The van der Waals surface area contributed by atoms with Crippen LogP contribution in [0, 0.1) is 19.8 Å². The van der Waals surface area contributed by atoms with Crippen molar-refractivity contribution in [3.05, 3.63) is 90.6 Å². The molecule has 0 amide bonds. The molecule has 0 bridgehead atoms. The zero-order valence-corrected chi connectivity index (χ0v) is 20.3. The molecular formula is C23H26FN4O5S+. The number of carbonyl (C=O) groups excluding carboxylic acids is 1. The van der Waals surface area contributed by atoms with E-state index in [0.717, 1.165) is 28.0 Å². The van der Waals surface area contributed by atoms with E-state index in [1.807, 2.05) is 19.9 Å². The minimum absolute atomic E-state index is 0.0976. The number of anilines is 1. The van der Waals surface area contributed by atoms with Gasteiger partial charge in [-0.15, -0.1) is 0 Å². The lowest BCUT2D eigenvalue weighted by atomic mass is 9.95. The van der Waals surface area contributed by atoms with Crippen molar-refractivity contribution in [2.75, 3.05) is 11.0 Å². The molecule has 3 aromatic rings. The molecule has 2 heterocycles. The number of aromatic amines is 2. The van der Waals surface area contributed by atoms with E-state index in [1.165, 1.54) is 6.07 Å². The molecule has 0 saturated heterocycles. The third-order valence-corrected chi connectivity index (χ3v) is 5.63. The number of rotatable bonds is 7. The van der Waals surface area contributed by atoms with E-state index in [-0.39, 0.29) is 29.2 Å². The van der Waals surface area contributed by atoms with Crippen molar-refractivity contribution in [2.24, 2.45) is 0 Å². The van der Waals surface area contributed by atoms with Crippen LogP contribution >= 0.6 is 0 Å². The number of hydrogen-bond donors (Lipinski definition) is 2. The minimum Gasteiger partial charge on any atom is -0.287 e. The van der Waals surface area contributed by atoms with Crippen molar-refractivity contribution >= 4 is 21.6 Å². The monoisotopic (exact) mass is 489 g/mol. The third-order valence-electron chi connectivity index (χ3n) is 5.04. The lowest BCUT2D eigenvalue weighted by Crippen LogP contribution is -2.38. The first-order chi connectivity index (χ1) is 15.7. The van der Waals surface area contributed by atoms with Crippen molar-refractivity contribution < 1.29 is 22.6 Å². The summed E-state index contributed by atoms with van der Waals surface area (Å²) in [6, 6.07) is 7.61. The first kappa shape index (κ1) is 25.0. The average molecular weight is 490 g/mol. The minimum atomic E-state index is -3.70. The Kier molecular flexibility index (Phi) is 6.87. The molecular weight excluding hydrogens is 463 g/mol. The van der Waals surface area contributed by atoms with E-state index >= 15 is 0 Å². The van der Waals surface area contributed by atoms with Crippen molar-refractivity contribution in [1.82, 2.24) is 9.55 Å². The van der Waals surface area contributed by atoms with Crippen LogP contribution < -0.4 is 21.0 Å². The SMILES string of the molecule is Cc1cc(C)cc(C(=O)c2c(C(C)C)c(=O)[nH]c(=O)n2Cc2cc(F)[nH+]c(NS(C)(=O)=O)c2)c1. The zero-order chi connectivity index (χ0) is 25.4. The Bertz CT molecular complexity index is 1490. The van der Waals surface area contributed by atoms with Gasteiger partial charge in [0.05, 0.1) is 12.8 Å². The predicted octanol–water partition coefficient (Wildman–Crippen LogP) is 1.88. The van der Waals surface area contributed by atoms with Gasteiger partial charge in [0, 0.05) is 23.3 Å². The molecule has 0 aliphatic heterocycles. The van der Waals surface area contributed by atoms with Crippen LogP contribution in [-0.2, 0) is 16.6 Å². The largest absolute Gasteiger partial charge is 0.329 e. The maximum atomic E-state index is 14.2. The molecule has 3 N–H and O–H groups in total. The number of hydrogen-bond acceptors (Lipinski definition) is 5. The maximum absolute atomic E-state index is 14.2. The van der Waals surface area contributed by atoms with E-state index < -0.39 is 38.9 Å². The van der Waals surface area contributed by atoms with Crippen LogP contribution in [0.5, 0.6) is 0 Å². The van der Waals surface area contributed by atoms with Gasteiger partial charge in [-0.05, 0) is 37.5 Å². The first-order valence-electron chi connectivity index (χ1n) is 10.4. The summed E-state index contributed by atoms with van der Waals surface area (Å²) in [7, 11) is -3.70. The molecule has 0 saturated carbocycles. The van der Waals surface area contributed by atoms with Crippen LogP contribution in [0.1, 0.15) is 58.1 Å². The second-order valence-electron chi connectivity index (χ2n) is 8.59. The number of nitrogens with zero attached hydrogens (tertiary/aromatic N) is 1. The van der Waals surface area contributed by atoms with Crippen LogP contribution in [-0.4, -0.2) is 30.0 Å². The number of pyridine rings is 1. The van der Waals surface area contributed by atoms with Gasteiger partial charge in [0.1, 0.15) is 5.69 Å². The number of aromatic nitrogens is 3. The molecule has 0 fully saturated rings. The highest BCUT2D eigenvalue weighted by molar-refractivity contribution is 7.91. The highest BCUT2D eigenvalue weighted by atomic mass is 32.2. The normalized spacial score (nSPS) is 11.6. The zero-order valence-electron chi connectivity index (χ0n) is 19.4. The molecule has 11 heteroatoms. The third kappa shape index (κ3) is 5.66. The molecule has 3 rings (SSSR count). The molecule has 34 heavy (non-hydrogen) atoms. The summed E-state index contributed by atoms with van der Waals surface area (Å²) < 4.78 is 40.5. The molecule has 0 aliphatic carbocycles. The fraction of sp³-hybridized carbons (Fsp3) is 0.304. The molecule has 9 nitrogen and oxygen atoms in total. The van der Waals surface area contributed by atoms with Gasteiger partial charge in [0.2, 0.25) is 5.78 Å². The molecule has 0 aliphatic rings. The summed E-state index contributed by atoms with van der Waals surface area (Å²) in [5.74, 6) is -1.92. The van der Waals surface area contributed by atoms with Crippen molar-refractivity contribution in [3.8, 4) is 0 Å². The lowest BCUT2D eigenvalue weighted by Gasteiger charge is -2.18. The van der Waals surface area contributed by atoms with Gasteiger partial charge in [-0.3, -0.25) is 19.1 Å². The Balaban J connectivity index is 2.25. The van der Waals surface area contributed by atoms with Crippen molar-refractivity contribution in [2.45, 2.75) is 40.2 Å². The van der Waals surface area contributed by atoms with E-state index in [1.54, 1.807) is 26.0 Å². The van der Waals surface area contributed by atoms with E-state index in [4.69, 9.17) is 0 Å². The Morgan fingerprint density at radius 2 is 1.74 bits per heavy atom. The number of ketones is 1. The Labute approximate surface area is 195 Å². The summed E-state index contributed by atoms with van der Waals surface area (Å²) in [4.78, 5) is 43.6. The summed E-state index contributed by atoms with van der Waals surface area (Å²) in [5, 5.41) is 0. The first-order valence-corrected chi connectivity index (χ1v) is 12.3. The number of halogens is 1. The standard InChI is InChI=1S/C23H25FN4O5S/c1-12(2)19-20(21(29)16-7-13(3)6-14(4)8-16)28(23(31)26-22(19)30)11-15-9-17(24)25-18(10-15)27-34(5,32)33/h6-10,12H,11H2,1-5H3,(H,25,27)(H,26,30,31)/p+1. The molecule has 0 radical (unpaired) electrons. The van der Waals surface area contributed by atoms with Gasteiger partial charge in [-0.2, -0.15) is 17.5 Å². The van der Waals surface area contributed by atoms with Crippen LogP contribution in [0.25, 0.3) is 0 Å². The summed E-state index contributed by atoms with van der Waals surface area (Å²) in [6.07, 6.45) is 0.910. The number of aryl methyl sites for hydroxylation is 2. The average Bonchev–Trinajstić information content (AvgIpc) is 2.66. The molecule has 0 unspecified atom stereocenters. The molecule has 2 aromatic heterocycles. The summed E-state index contributed by atoms with van der Waals surface area (Å²) in [6.45, 7) is 6.83. The van der Waals surface area contributed by atoms with Crippen LogP contribution in [0.3, 0.4) is 0 Å². The predicted molar refractivity (Wildman–Crippen MR) is 125 cm³/mol. The lowest BCUT2D eigenvalue weighted by molar-refractivity contribution is -0.405. The highest BCUT2D eigenvalue weighted by Gasteiger charge is 2.25. The van der Waals surface area contributed by atoms with Gasteiger partial charge in [0.25, 0.3) is 27.3 Å². The van der Waals surface area contributed by atoms with Crippen LogP contribution in [0.15, 0.2) is 39.9 Å². The summed E-state index contributed by atoms with van der Waals surface area (Å²) >= 11 is 0. The van der Waals surface area contributed by atoms with E-state index in [0.29, 0.717) is 5.56 Å². The van der Waals surface area contributed by atoms with Crippen LogP contribution in [0.4, 0.5) is 10.2 Å². The highest BCUT2D eigenvalue weighted by Crippen LogP contribution is 2.21.